The molecule has 2 amide bonds. The number of rotatable bonds is 6. The molecule has 33 heavy (non-hydrogen) atoms. The Morgan fingerprint density at radius 1 is 1.33 bits per heavy atom. The minimum absolute atomic E-state index is 0.0113. The van der Waals surface area contributed by atoms with Gasteiger partial charge >= 0.3 is 12.6 Å². The molecule has 1 aliphatic rings. The van der Waals surface area contributed by atoms with Crippen molar-refractivity contribution < 1.29 is 23.4 Å². The van der Waals surface area contributed by atoms with Gasteiger partial charge in [-0.3, -0.25) is 4.68 Å². The standard InChI is InChI=1S/C22H26F2N6O3/c1-14-11-16(33-21(23)24)3-4-18(14)27-22(32)29-8-9-30(15(13-29)6-10-31)19-5-7-25-20-17(19)12-26-28(20)2/h3-5,7,11-12,15,21,31H,6,8-10,13H2,1-2H3,(H,27,32). The molecule has 1 saturated heterocycles. The minimum Gasteiger partial charge on any atom is -0.435 e. The highest BCUT2D eigenvalue weighted by molar-refractivity contribution is 5.91. The Morgan fingerprint density at radius 3 is 2.88 bits per heavy atom. The van der Waals surface area contributed by atoms with Gasteiger partial charge in [0.1, 0.15) is 5.75 Å². The second kappa shape index (κ2) is 9.57. The number of nitrogens with one attached hydrogen (secondary N) is 1. The van der Waals surface area contributed by atoms with Crippen LogP contribution >= 0.6 is 0 Å². The molecule has 2 aromatic heterocycles. The van der Waals surface area contributed by atoms with E-state index in [1.807, 2.05) is 13.1 Å². The molecule has 0 radical (unpaired) electrons. The van der Waals surface area contributed by atoms with Gasteiger partial charge in [-0.15, -0.1) is 0 Å². The highest BCUT2D eigenvalue weighted by atomic mass is 19.3. The molecular formula is C22H26F2N6O3. The SMILES string of the molecule is Cc1cc(OC(F)F)ccc1NC(=O)N1CCN(c2ccnc3c2cnn3C)C(CCO)C1. The van der Waals surface area contributed by atoms with Crippen molar-refractivity contribution in [2.75, 3.05) is 36.5 Å². The summed E-state index contributed by atoms with van der Waals surface area (Å²) in [6, 6.07) is 5.94. The summed E-state index contributed by atoms with van der Waals surface area (Å²) in [5, 5.41) is 17.7. The summed E-state index contributed by atoms with van der Waals surface area (Å²) in [6.07, 6.45) is 4.00. The largest absolute Gasteiger partial charge is 0.435 e. The maximum atomic E-state index is 13.0. The van der Waals surface area contributed by atoms with Crippen molar-refractivity contribution in [1.82, 2.24) is 19.7 Å². The van der Waals surface area contributed by atoms with E-state index >= 15 is 0 Å². The summed E-state index contributed by atoms with van der Waals surface area (Å²) in [7, 11) is 1.83. The van der Waals surface area contributed by atoms with Crippen molar-refractivity contribution in [3.05, 3.63) is 42.2 Å². The molecule has 176 valence electrons. The molecule has 1 fully saturated rings. The first-order valence-electron chi connectivity index (χ1n) is 10.6. The number of pyridine rings is 1. The average Bonchev–Trinajstić information content (AvgIpc) is 3.16. The molecule has 3 aromatic rings. The third kappa shape index (κ3) is 4.82. The molecule has 11 heteroatoms. The van der Waals surface area contributed by atoms with E-state index in [0.29, 0.717) is 37.3 Å². The van der Waals surface area contributed by atoms with Crippen LogP contribution < -0.4 is 15.0 Å². The second-order valence-corrected chi connectivity index (χ2v) is 7.93. The van der Waals surface area contributed by atoms with E-state index in [0.717, 1.165) is 16.7 Å². The number of aliphatic hydroxyl groups is 1. The van der Waals surface area contributed by atoms with Crippen molar-refractivity contribution in [3.63, 3.8) is 0 Å². The number of aromatic nitrogens is 3. The monoisotopic (exact) mass is 460 g/mol. The Labute approximate surface area is 189 Å². The molecule has 4 rings (SSSR count). The van der Waals surface area contributed by atoms with Gasteiger partial charge in [-0.2, -0.15) is 13.9 Å². The Bertz CT molecular complexity index is 1140. The number of anilines is 2. The van der Waals surface area contributed by atoms with Gasteiger partial charge < -0.3 is 25.0 Å². The van der Waals surface area contributed by atoms with Crippen molar-refractivity contribution in [2.45, 2.75) is 26.0 Å². The van der Waals surface area contributed by atoms with Crippen LogP contribution in [-0.2, 0) is 7.05 Å². The van der Waals surface area contributed by atoms with E-state index in [1.165, 1.54) is 12.1 Å². The van der Waals surface area contributed by atoms with Crippen LogP contribution in [0.25, 0.3) is 11.0 Å². The Kier molecular flexibility index (Phi) is 6.59. The van der Waals surface area contributed by atoms with Gasteiger partial charge in [0.05, 0.1) is 17.3 Å². The number of benzene rings is 1. The zero-order valence-electron chi connectivity index (χ0n) is 18.4. The summed E-state index contributed by atoms with van der Waals surface area (Å²) in [4.78, 5) is 21.2. The fraction of sp³-hybridized carbons (Fsp3) is 0.409. The molecule has 9 nitrogen and oxygen atoms in total. The number of aliphatic hydroxyl groups excluding tert-OH is 1. The fourth-order valence-electron chi connectivity index (χ4n) is 4.18. The van der Waals surface area contributed by atoms with E-state index < -0.39 is 6.61 Å². The van der Waals surface area contributed by atoms with Gasteiger partial charge in [0.2, 0.25) is 0 Å². The third-order valence-corrected chi connectivity index (χ3v) is 5.82. The number of amides is 2. The number of alkyl halides is 2. The first-order chi connectivity index (χ1) is 15.9. The van der Waals surface area contributed by atoms with Crippen molar-refractivity contribution in [3.8, 4) is 5.75 Å². The number of urea groups is 1. The lowest BCUT2D eigenvalue weighted by Crippen LogP contribution is -2.56. The predicted octanol–water partition coefficient (Wildman–Crippen LogP) is 2.98. The highest BCUT2D eigenvalue weighted by Gasteiger charge is 2.31. The summed E-state index contributed by atoms with van der Waals surface area (Å²) >= 11 is 0. The topological polar surface area (TPSA) is 95.8 Å². The maximum Gasteiger partial charge on any atom is 0.387 e. The number of aryl methyl sites for hydroxylation is 2. The number of ether oxygens (including phenoxy) is 1. The van der Waals surface area contributed by atoms with Crippen molar-refractivity contribution in [1.29, 1.82) is 0 Å². The van der Waals surface area contributed by atoms with Crippen LogP contribution in [-0.4, -0.2) is 69.7 Å². The Morgan fingerprint density at radius 2 is 2.15 bits per heavy atom. The van der Waals surface area contributed by atoms with Crippen molar-refractivity contribution in [2.24, 2.45) is 7.05 Å². The molecule has 1 unspecified atom stereocenters. The van der Waals surface area contributed by atoms with Crippen LogP contribution in [0.5, 0.6) is 5.75 Å². The Balaban J connectivity index is 1.48. The van der Waals surface area contributed by atoms with E-state index in [9.17, 15) is 18.7 Å². The zero-order valence-corrected chi connectivity index (χ0v) is 18.4. The number of carbonyl (C=O) groups excluding carboxylic acids is 1. The quantitative estimate of drug-likeness (QED) is 0.587. The van der Waals surface area contributed by atoms with Crippen LogP contribution in [0.3, 0.4) is 0 Å². The second-order valence-electron chi connectivity index (χ2n) is 7.93. The number of nitrogens with zero attached hydrogens (tertiary/aromatic N) is 5. The third-order valence-electron chi connectivity index (χ3n) is 5.82. The summed E-state index contributed by atoms with van der Waals surface area (Å²) in [5.74, 6) is 0.0381. The number of hydrogen-bond acceptors (Lipinski definition) is 6. The van der Waals surface area contributed by atoms with E-state index in [1.54, 1.807) is 35.0 Å². The molecule has 1 atom stereocenters. The normalized spacial score (nSPS) is 16.5. The van der Waals surface area contributed by atoms with Crippen LogP contribution in [0.2, 0.25) is 0 Å². The van der Waals surface area contributed by atoms with Crippen LogP contribution in [0.1, 0.15) is 12.0 Å². The summed E-state index contributed by atoms with van der Waals surface area (Å²) < 4.78 is 31.0. The van der Waals surface area contributed by atoms with E-state index in [2.05, 4.69) is 25.0 Å². The highest BCUT2D eigenvalue weighted by Crippen LogP contribution is 2.30. The first-order valence-corrected chi connectivity index (χ1v) is 10.6. The molecule has 0 aliphatic carbocycles. The van der Waals surface area contributed by atoms with Gasteiger partial charge in [-0.1, -0.05) is 0 Å². The van der Waals surface area contributed by atoms with Gasteiger partial charge in [0.25, 0.3) is 0 Å². The molecule has 2 N–H and O–H groups in total. The summed E-state index contributed by atoms with van der Waals surface area (Å²) in [5.41, 5.74) is 2.87. The number of piperazine rings is 1. The van der Waals surface area contributed by atoms with Crippen LogP contribution in [0.4, 0.5) is 25.0 Å². The Hall–Kier alpha value is -3.47. The van der Waals surface area contributed by atoms with Gasteiger partial charge in [-0.25, -0.2) is 9.78 Å². The van der Waals surface area contributed by atoms with Crippen LogP contribution in [0, 0.1) is 6.92 Å². The van der Waals surface area contributed by atoms with E-state index in [4.69, 9.17) is 0 Å². The van der Waals surface area contributed by atoms with Crippen LogP contribution in [0.15, 0.2) is 36.7 Å². The molecule has 1 aliphatic heterocycles. The molecule has 3 heterocycles. The van der Waals surface area contributed by atoms with Gasteiger partial charge in [0.15, 0.2) is 5.65 Å². The lowest BCUT2D eigenvalue weighted by Gasteiger charge is -2.42. The minimum atomic E-state index is -2.90. The molecule has 0 spiro atoms. The summed E-state index contributed by atoms with van der Waals surface area (Å²) in [6.45, 7) is 0.265. The predicted molar refractivity (Wildman–Crippen MR) is 120 cm³/mol. The number of carbonyl (C=O) groups is 1. The smallest absolute Gasteiger partial charge is 0.387 e. The lowest BCUT2D eigenvalue weighted by molar-refractivity contribution is -0.0498. The fourth-order valence-corrected chi connectivity index (χ4v) is 4.18. The molecule has 0 saturated carbocycles. The lowest BCUT2D eigenvalue weighted by atomic mass is 10.1. The van der Waals surface area contributed by atoms with E-state index in [-0.39, 0.29) is 24.4 Å². The van der Waals surface area contributed by atoms with Gasteiger partial charge in [-0.05, 0) is 43.2 Å². The van der Waals surface area contributed by atoms with Gasteiger partial charge in [0, 0.05) is 51.2 Å². The number of hydrogen-bond donors (Lipinski definition) is 2. The number of fused-ring (bicyclic) bond motifs is 1. The molecule has 1 aromatic carbocycles. The zero-order chi connectivity index (χ0) is 23.5. The molecule has 0 bridgehead atoms. The van der Waals surface area contributed by atoms with Crippen molar-refractivity contribution >= 4 is 28.4 Å². The first kappa shape index (κ1) is 22.7. The number of halogens is 2. The maximum absolute atomic E-state index is 13.0. The average molecular weight is 460 g/mol. The molecular weight excluding hydrogens is 434 g/mol.